The fourth-order valence-corrected chi connectivity index (χ4v) is 3.66. The minimum atomic E-state index is -4.52. The van der Waals surface area contributed by atoms with Crippen LogP contribution in [0.25, 0.3) is 11.1 Å². The van der Waals surface area contributed by atoms with Crippen molar-refractivity contribution in [3.8, 4) is 5.75 Å². The van der Waals surface area contributed by atoms with Gasteiger partial charge in [-0.05, 0) is 41.9 Å². The van der Waals surface area contributed by atoms with E-state index in [1.165, 1.54) is 12.1 Å². The summed E-state index contributed by atoms with van der Waals surface area (Å²) in [5.41, 5.74) is 0.638. The number of rotatable bonds is 9. The van der Waals surface area contributed by atoms with Crippen LogP contribution in [-0.2, 0) is 0 Å². The Morgan fingerprint density at radius 1 is 0.719 bits per heavy atom. The fraction of sp³-hybridized carbons (Fsp3) is 0.259. The highest BCUT2D eigenvalue weighted by molar-refractivity contribution is 6.00. The lowest BCUT2D eigenvalue weighted by Crippen LogP contribution is -2.27. The van der Waals surface area contributed by atoms with Crippen LogP contribution < -0.4 is 4.74 Å². The molecule has 5 heteroatoms. The Kier molecular flexibility index (Phi) is 8.12. The normalized spacial score (nSPS) is 12.6. The highest BCUT2D eigenvalue weighted by Gasteiger charge is 2.38. The average molecular weight is 440 g/mol. The number of hydrogen-bond donors (Lipinski definition) is 0. The number of hydrogen-bond acceptors (Lipinski definition) is 2. The second-order valence-electron chi connectivity index (χ2n) is 7.38. The Morgan fingerprint density at radius 2 is 1.22 bits per heavy atom. The first-order valence-corrected chi connectivity index (χ1v) is 10.8. The number of benzene rings is 3. The number of alkyl halides is 3. The van der Waals surface area contributed by atoms with E-state index >= 15 is 0 Å². The summed E-state index contributed by atoms with van der Waals surface area (Å²) in [5, 5.41) is 0. The van der Waals surface area contributed by atoms with E-state index in [9.17, 15) is 13.2 Å². The zero-order valence-corrected chi connectivity index (χ0v) is 18.4. The summed E-state index contributed by atoms with van der Waals surface area (Å²) in [7, 11) is 0. The van der Waals surface area contributed by atoms with Gasteiger partial charge in [0.05, 0.1) is 5.57 Å². The third-order valence-electron chi connectivity index (χ3n) is 5.37. The van der Waals surface area contributed by atoms with Crippen LogP contribution in [-0.4, -0.2) is 37.3 Å². The molecule has 3 rings (SSSR count). The van der Waals surface area contributed by atoms with Crippen molar-refractivity contribution in [3.05, 3.63) is 102 Å². The first kappa shape index (κ1) is 23.6. The second-order valence-corrected chi connectivity index (χ2v) is 7.38. The van der Waals surface area contributed by atoms with Crippen LogP contribution >= 0.6 is 0 Å². The van der Waals surface area contributed by atoms with Gasteiger partial charge in [-0.25, -0.2) is 0 Å². The summed E-state index contributed by atoms with van der Waals surface area (Å²) in [5.74, 6) is 0.640. The molecule has 0 heterocycles. The Bertz CT molecular complexity index is 993. The molecule has 0 radical (unpaired) electrons. The van der Waals surface area contributed by atoms with E-state index in [0.717, 1.165) is 19.6 Å². The summed E-state index contributed by atoms with van der Waals surface area (Å²) >= 11 is 0. The fourth-order valence-electron chi connectivity index (χ4n) is 3.66. The van der Waals surface area contributed by atoms with E-state index in [1.807, 2.05) is 0 Å². The lowest BCUT2D eigenvalue weighted by atomic mass is 9.89. The minimum absolute atomic E-state index is 0.137. The van der Waals surface area contributed by atoms with Gasteiger partial charge >= 0.3 is 6.18 Å². The summed E-state index contributed by atoms with van der Waals surface area (Å²) < 4.78 is 48.8. The number of nitrogens with zero attached hydrogens (tertiary/aromatic N) is 1. The summed E-state index contributed by atoms with van der Waals surface area (Å²) in [6, 6.07) is 23.5. The zero-order chi connectivity index (χ0) is 23.0. The standard InChI is InChI=1S/C27H28F3NO/c1-3-31(4-2)19-20-32-24-17-15-22(16-18-24)25(21-11-7-5-8-12-21)26(27(28,29)30)23-13-9-6-10-14-23/h5-18H,3-4,19-20H2,1-2H3/b26-25+. The summed E-state index contributed by atoms with van der Waals surface area (Å²) in [6.07, 6.45) is -4.52. The lowest BCUT2D eigenvalue weighted by Gasteiger charge is -2.20. The lowest BCUT2D eigenvalue weighted by molar-refractivity contribution is -0.0685. The largest absolute Gasteiger partial charge is 0.492 e. The quantitative estimate of drug-likeness (QED) is 0.335. The van der Waals surface area contributed by atoms with E-state index in [2.05, 4.69) is 18.7 Å². The molecule has 0 bridgehead atoms. The molecule has 0 saturated heterocycles. The molecule has 0 amide bonds. The van der Waals surface area contributed by atoms with Crippen LogP contribution in [0.3, 0.4) is 0 Å². The van der Waals surface area contributed by atoms with Crippen LogP contribution in [0.1, 0.15) is 30.5 Å². The molecule has 0 atom stereocenters. The molecule has 3 aromatic carbocycles. The van der Waals surface area contributed by atoms with E-state index < -0.39 is 11.7 Å². The minimum Gasteiger partial charge on any atom is -0.492 e. The van der Waals surface area contributed by atoms with Crippen molar-refractivity contribution in [2.45, 2.75) is 20.0 Å². The third kappa shape index (κ3) is 6.01. The first-order valence-electron chi connectivity index (χ1n) is 10.8. The maximum absolute atomic E-state index is 14.3. The van der Waals surface area contributed by atoms with Crippen LogP contribution in [0.5, 0.6) is 5.75 Å². The van der Waals surface area contributed by atoms with Gasteiger partial charge in [0.25, 0.3) is 0 Å². The molecule has 0 N–H and O–H groups in total. The number of halogens is 3. The van der Waals surface area contributed by atoms with Crippen molar-refractivity contribution in [2.75, 3.05) is 26.2 Å². The highest BCUT2D eigenvalue weighted by atomic mass is 19.4. The molecule has 3 aromatic rings. The zero-order valence-electron chi connectivity index (χ0n) is 18.4. The van der Waals surface area contributed by atoms with Crippen LogP contribution in [0.4, 0.5) is 13.2 Å². The van der Waals surface area contributed by atoms with E-state index in [4.69, 9.17) is 4.74 Å². The van der Waals surface area contributed by atoms with Gasteiger partial charge in [0, 0.05) is 12.1 Å². The number of allylic oxidation sites excluding steroid dienone is 1. The molecule has 0 saturated carbocycles. The van der Waals surface area contributed by atoms with E-state index in [-0.39, 0.29) is 11.1 Å². The van der Waals surface area contributed by atoms with Gasteiger partial charge in [0.15, 0.2) is 0 Å². The second kappa shape index (κ2) is 11.0. The van der Waals surface area contributed by atoms with Crippen molar-refractivity contribution in [3.63, 3.8) is 0 Å². The van der Waals surface area contributed by atoms with Crippen molar-refractivity contribution in [1.82, 2.24) is 4.90 Å². The van der Waals surface area contributed by atoms with Crippen molar-refractivity contribution in [2.24, 2.45) is 0 Å². The molecular formula is C27H28F3NO. The van der Waals surface area contributed by atoms with Gasteiger partial charge in [0.2, 0.25) is 0 Å². The van der Waals surface area contributed by atoms with Crippen LogP contribution in [0.2, 0.25) is 0 Å². The predicted octanol–water partition coefficient (Wildman–Crippen LogP) is 6.93. The molecule has 0 aromatic heterocycles. The molecular weight excluding hydrogens is 411 g/mol. The van der Waals surface area contributed by atoms with Gasteiger partial charge in [-0.2, -0.15) is 13.2 Å². The Balaban J connectivity index is 2.01. The number of likely N-dealkylation sites (N-methyl/N-ethyl adjacent to an activating group) is 1. The molecule has 168 valence electrons. The van der Waals surface area contributed by atoms with Crippen molar-refractivity contribution >= 4 is 11.1 Å². The monoisotopic (exact) mass is 439 g/mol. The molecule has 0 unspecified atom stereocenters. The summed E-state index contributed by atoms with van der Waals surface area (Å²) in [6.45, 7) is 7.42. The third-order valence-corrected chi connectivity index (χ3v) is 5.37. The molecule has 2 nitrogen and oxygen atoms in total. The SMILES string of the molecule is CCN(CC)CCOc1ccc(/C(=C(\c2ccccc2)C(F)(F)F)c2ccccc2)cc1. The number of ether oxygens (including phenoxy) is 1. The highest BCUT2D eigenvalue weighted by Crippen LogP contribution is 2.42. The Morgan fingerprint density at radius 3 is 1.72 bits per heavy atom. The van der Waals surface area contributed by atoms with Crippen LogP contribution in [0, 0.1) is 0 Å². The van der Waals surface area contributed by atoms with Crippen molar-refractivity contribution < 1.29 is 17.9 Å². The topological polar surface area (TPSA) is 12.5 Å². The maximum atomic E-state index is 14.3. The van der Waals surface area contributed by atoms with Gasteiger partial charge < -0.3 is 9.64 Å². The molecule has 0 spiro atoms. The Labute approximate surface area is 188 Å². The first-order chi connectivity index (χ1) is 15.4. The molecule has 32 heavy (non-hydrogen) atoms. The van der Waals surface area contributed by atoms with Crippen LogP contribution in [0.15, 0.2) is 84.9 Å². The van der Waals surface area contributed by atoms with Gasteiger partial charge in [0.1, 0.15) is 12.4 Å². The summed E-state index contributed by atoms with van der Waals surface area (Å²) in [4.78, 5) is 2.25. The van der Waals surface area contributed by atoms with Gasteiger partial charge in [-0.15, -0.1) is 0 Å². The van der Waals surface area contributed by atoms with Crippen molar-refractivity contribution in [1.29, 1.82) is 0 Å². The Hall–Kier alpha value is -3.05. The molecule has 0 fully saturated rings. The predicted molar refractivity (Wildman–Crippen MR) is 125 cm³/mol. The smallest absolute Gasteiger partial charge is 0.417 e. The van der Waals surface area contributed by atoms with Gasteiger partial charge in [-0.3, -0.25) is 0 Å². The molecule has 0 aliphatic heterocycles. The maximum Gasteiger partial charge on any atom is 0.417 e. The van der Waals surface area contributed by atoms with Gasteiger partial charge in [-0.1, -0.05) is 86.6 Å². The van der Waals surface area contributed by atoms with E-state index in [0.29, 0.717) is 23.5 Å². The average Bonchev–Trinajstić information content (AvgIpc) is 2.81. The molecule has 0 aliphatic rings. The van der Waals surface area contributed by atoms with E-state index in [1.54, 1.807) is 72.8 Å². The molecule has 0 aliphatic carbocycles.